The minimum Gasteiger partial charge on any atom is -0.493 e. The Balaban J connectivity index is 3.09. The Morgan fingerprint density at radius 2 is 2.00 bits per heavy atom. The van der Waals surface area contributed by atoms with Crippen LogP contribution in [0.2, 0.25) is 5.02 Å². The topological polar surface area (TPSA) is 84.9 Å². The van der Waals surface area contributed by atoms with Crippen molar-refractivity contribution in [2.45, 2.75) is 59.1 Å². The molecular weight excluding hydrogens is 370 g/mol. The van der Waals surface area contributed by atoms with E-state index in [1.807, 2.05) is 0 Å². The third-order valence-corrected chi connectivity index (χ3v) is 3.72. The molecule has 2 N–H and O–H groups in total. The highest BCUT2D eigenvalue weighted by atomic mass is 35.5. The highest BCUT2D eigenvalue weighted by Crippen LogP contribution is 2.26. The molecule has 0 heterocycles. The van der Waals surface area contributed by atoms with Crippen molar-refractivity contribution in [2.24, 2.45) is 0 Å². The van der Waals surface area contributed by atoms with E-state index in [1.165, 1.54) is 6.08 Å². The summed E-state index contributed by atoms with van der Waals surface area (Å²) >= 11 is 6.06. The van der Waals surface area contributed by atoms with Gasteiger partial charge >= 0.3 is 12.1 Å². The Morgan fingerprint density at radius 3 is 2.56 bits per heavy atom. The van der Waals surface area contributed by atoms with Crippen molar-refractivity contribution in [3.8, 4) is 5.75 Å². The molecule has 1 unspecified atom stereocenters. The van der Waals surface area contributed by atoms with E-state index < -0.39 is 23.7 Å². The van der Waals surface area contributed by atoms with Crippen molar-refractivity contribution in [1.82, 2.24) is 5.32 Å². The molecule has 0 aromatic heterocycles. The predicted octanol–water partition coefficient (Wildman–Crippen LogP) is 4.90. The molecule has 1 atom stereocenters. The third kappa shape index (κ3) is 8.35. The molecule has 1 amide bonds. The van der Waals surface area contributed by atoms with E-state index >= 15 is 0 Å². The van der Waals surface area contributed by atoms with E-state index in [4.69, 9.17) is 21.1 Å². The Hall–Kier alpha value is -2.21. The number of carboxylic acids is 1. The summed E-state index contributed by atoms with van der Waals surface area (Å²) in [6, 6.07) is 4.24. The van der Waals surface area contributed by atoms with Crippen LogP contribution in [-0.4, -0.2) is 35.4 Å². The first-order valence-electron chi connectivity index (χ1n) is 8.90. The zero-order chi connectivity index (χ0) is 20.6. The molecule has 0 aliphatic rings. The maximum Gasteiger partial charge on any atom is 0.408 e. The average molecular weight is 398 g/mol. The molecule has 0 radical (unpaired) electrons. The first-order valence-corrected chi connectivity index (χ1v) is 9.28. The lowest BCUT2D eigenvalue weighted by Crippen LogP contribution is -2.39. The number of carbonyl (C=O) groups excluding carboxylic acids is 1. The van der Waals surface area contributed by atoms with Crippen LogP contribution in [0.5, 0.6) is 5.75 Å². The summed E-state index contributed by atoms with van der Waals surface area (Å²) in [5.41, 5.74) is -0.151. The number of carboxylic acid groups (broad SMARTS) is 1. The summed E-state index contributed by atoms with van der Waals surface area (Å²) in [7, 11) is 0. The van der Waals surface area contributed by atoms with Crippen molar-refractivity contribution >= 4 is 29.7 Å². The van der Waals surface area contributed by atoms with Gasteiger partial charge in [-0.3, -0.25) is 0 Å². The van der Waals surface area contributed by atoms with Gasteiger partial charge in [-0.05, 0) is 58.4 Å². The fourth-order valence-electron chi connectivity index (χ4n) is 2.19. The Bertz CT molecular complexity index is 694. The second-order valence-corrected chi connectivity index (χ2v) is 7.59. The molecule has 6 nitrogen and oxygen atoms in total. The summed E-state index contributed by atoms with van der Waals surface area (Å²) in [4.78, 5) is 23.7. The Morgan fingerprint density at radius 1 is 1.33 bits per heavy atom. The average Bonchev–Trinajstić information content (AvgIpc) is 2.52. The number of nitrogens with one attached hydrogen (secondary N) is 1. The molecule has 1 aromatic carbocycles. The van der Waals surface area contributed by atoms with Gasteiger partial charge in [-0.15, -0.1) is 0 Å². The van der Waals surface area contributed by atoms with Gasteiger partial charge in [0.25, 0.3) is 0 Å². The van der Waals surface area contributed by atoms with Gasteiger partial charge in [0.05, 0.1) is 18.2 Å². The maximum absolute atomic E-state index is 11.9. The standard InChI is InChI=1S/C20H28ClNO5/c1-6-7-10-26-17-9-8-15(21)11-14(17)12-16(18(23)24)13(2)22-19(25)27-20(3,4)5/h8-9,11-13H,6-7,10H2,1-5H3,(H,22,25)(H,23,24). The van der Waals surface area contributed by atoms with Gasteiger partial charge in [0.15, 0.2) is 0 Å². The highest BCUT2D eigenvalue weighted by molar-refractivity contribution is 6.30. The van der Waals surface area contributed by atoms with Gasteiger partial charge < -0.3 is 19.9 Å². The summed E-state index contributed by atoms with van der Waals surface area (Å²) in [5, 5.41) is 12.6. The molecule has 7 heteroatoms. The SMILES string of the molecule is CCCCOc1ccc(Cl)cc1C=C(C(=O)O)C(C)NC(=O)OC(C)(C)C. The van der Waals surface area contributed by atoms with Crippen LogP contribution >= 0.6 is 11.6 Å². The summed E-state index contributed by atoms with van der Waals surface area (Å²) in [6.45, 7) is 9.35. The van der Waals surface area contributed by atoms with Gasteiger partial charge in [0.2, 0.25) is 0 Å². The van der Waals surface area contributed by atoms with Crippen molar-refractivity contribution in [3.05, 3.63) is 34.4 Å². The number of hydrogen-bond donors (Lipinski definition) is 2. The van der Waals surface area contributed by atoms with Crippen LogP contribution < -0.4 is 10.1 Å². The molecule has 1 aromatic rings. The van der Waals surface area contributed by atoms with Gasteiger partial charge in [0, 0.05) is 10.6 Å². The fraction of sp³-hybridized carbons (Fsp3) is 0.500. The minimum atomic E-state index is -1.15. The molecule has 0 saturated heterocycles. The van der Waals surface area contributed by atoms with Crippen LogP contribution in [0.15, 0.2) is 23.8 Å². The zero-order valence-corrected chi connectivity index (χ0v) is 17.2. The number of halogens is 1. The number of ether oxygens (including phenoxy) is 2. The number of alkyl carbamates (subject to hydrolysis) is 1. The molecule has 0 spiro atoms. The first kappa shape index (κ1) is 22.8. The van der Waals surface area contributed by atoms with Crippen molar-refractivity contribution in [2.75, 3.05) is 6.61 Å². The molecule has 0 saturated carbocycles. The van der Waals surface area contributed by atoms with E-state index in [0.29, 0.717) is 22.9 Å². The lowest BCUT2D eigenvalue weighted by atomic mass is 10.0. The summed E-state index contributed by atoms with van der Waals surface area (Å²) in [5.74, 6) is -0.617. The number of rotatable bonds is 8. The first-order chi connectivity index (χ1) is 12.5. The number of unbranched alkanes of at least 4 members (excludes halogenated alkanes) is 1. The molecule has 0 aliphatic carbocycles. The molecule has 0 fully saturated rings. The summed E-state index contributed by atoms with van der Waals surface area (Å²) < 4.78 is 10.9. The zero-order valence-electron chi connectivity index (χ0n) is 16.5. The van der Waals surface area contributed by atoms with Gasteiger partial charge in [-0.25, -0.2) is 9.59 Å². The van der Waals surface area contributed by atoms with Gasteiger partial charge in [0.1, 0.15) is 11.4 Å². The molecule has 0 aliphatic heterocycles. The lowest BCUT2D eigenvalue weighted by Gasteiger charge is -2.22. The minimum absolute atomic E-state index is 0.0107. The number of hydrogen-bond acceptors (Lipinski definition) is 4. The van der Waals surface area contributed by atoms with Crippen LogP contribution in [0.4, 0.5) is 4.79 Å². The quantitative estimate of drug-likeness (QED) is 0.481. The van der Waals surface area contributed by atoms with Crippen LogP contribution in [0, 0.1) is 0 Å². The maximum atomic E-state index is 11.9. The predicted molar refractivity (Wildman–Crippen MR) is 106 cm³/mol. The highest BCUT2D eigenvalue weighted by Gasteiger charge is 2.22. The summed E-state index contributed by atoms with van der Waals surface area (Å²) in [6.07, 6.45) is 2.63. The smallest absolute Gasteiger partial charge is 0.408 e. The monoisotopic (exact) mass is 397 g/mol. The number of benzene rings is 1. The van der Waals surface area contributed by atoms with Crippen LogP contribution in [0.1, 0.15) is 53.0 Å². The third-order valence-electron chi connectivity index (χ3n) is 3.48. The largest absolute Gasteiger partial charge is 0.493 e. The van der Waals surface area contributed by atoms with Crippen LogP contribution in [0.3, 0.4) is 0 Å². The van der Waals surface area contributed by atoms with Crippen LogP contribution in [-0.2, 0) is 9.53 Å². The molecule has 150 valence electrons. The Kier molecular flexibility index (Phi) is 8.63. The van der Waals surface area contributed by atoms with E-state index in [0.717, 1.165) is 12.8 Å². The number of aliphatic carboxylic acids is 1. The normalized spacial score (nSPS) is 13.0. The Labute approximate surface area is 165 Å². The van der Waals surface area contributed by atoms with Gasteiger partial charge in [-0.2, -0.15) is 0 Å². The number of carbonyl (C=O) groups is 2. The van der Waals surface area contributed by atoms with Crippen molar-refractivity contribution in [3.63, 3.8) is 0 Å². The lowest BCUT2D eigenvalue weighted by molar-refractivity contribution is -0.132. The second kappa shape index (κ2) is 10.2. The van der Waals surface area contributed by atoms with E-state index in [-0.39, 0.29) is 5.57 Å². The van der Waals surface area contributed by atoms with Gasteiger partial charge in [-0.1, -0.05) is 24.9 Å². The second-order valence-electron chi connectivity index (χ2n) is 7.16. The van der Waals surface area contributed by atoms with Crippen LogP contribution in [0.25, 0.3) is 6.08 Å². The van der Waals surface area contributed by atoms with E-state index in [2.05, 4.69) is 12.2 Å². The fourth-order valence-corrected chi connectivity index (χ4v) is 2.37. The molecule has 1 rings (SSSR count). The molecule has 27 heavy (non-hydrogen) atoms. The van der Waals surface area contributed by atoms with E-state index in [1.54, 1.807) is 45.9 Å². The number of amides is 1. The van der Waals surface area contributed by atoms with Crippen molar-refractivity contribution in [1.29, 1.82) is 0 Å². The molecular formula is C20H28ClNO5. The molecule has 0 bridgehead atoms. The van der Waals surface area contributed by atoms with Crippen molar-refractivity contribution < 1.29 is 24.2 Å². The van der Waals surface area contributed by atoms with E-state index in [9.17, 15) is 14.7 Å².